The van der Waals surface area contributed by atoms with Gasteiger partial charge in [-0.3, -0.25) is 9.69 Å². The van der Waals surface area contributed by atoms with E-state index in [1.165, 1.54) is 11.8 Å². The summed E-state index contributed by atoms with van der Waals surface area (Å²) < 4.78 is 12.0. The van der Waals surface area contributed by atoms with Gasteiger partial charge in [-0.15, -0.1) is 0 Å². The smallest absolute Gasteiger partial charge is 0.229 e. The largest absolute Gasteiger partial charge is 0.493 e. The quantitative estimate of drug-likeness (QED) is 0.625. The second-order valence-corrected chi connectivity index (χ2v) is 8.77. The van der Waals surface area contributed by atoms with Crippen LogP contribution in [0.5, 0.6) is 11.5 Å². The molecule has 0 N–H and O–H groups in total. The summed E-state index contributed by atoms with van der Waals surface area (Å²) in [6.07, 6.45) is 0.213. The number of allylic oxidation sites excluding steroid dienone is 1. The van der Waals surface area contributed by atoms with Gasteiger partial charge in [-0.2, -0.15) is 5.26 Å². The fourth-order valence-electron chi connectivity index (χ4n) is 3.83. The monoisotopic (exact) mass is 485 g/mol. The van der Waals surface area contributed by atoms with Crippen LogP contribution in [0.25, 0.3) is 0 Å². The van der Waals surface area contributed by atoms with Crippen molar-refractivity contribution >= 4 is 39.3 Å². The Hall–Kier alpha value is -2.63. The van der Waals surface area contributed by atoms with Gasteiger partial charge >= 0.3 is 0 Å². The highest BCUT2D eigenvalue weighted by Gasteiger charge is 2.39. The molecule has 0 saturated carbocycles. The molecule has 1 saturated heterocycles. The van der Waals surface area contributed by atoms with Gasteiger partial charge in [-0.25, -0.2) is 0 Å². The lowest BCUT2D eigenvalue weighted by Crippen LogP contribution is -2.47. The summed E-state index contributed by atoms with van der Waals surface area (Å²) in [5.41, 5.74) is 2.43. The van der Waals surface area contributed by atoms with E-state index in [4.69, 9.17) is 9.47 Å². The Morgan fingerprint density at radius 1 is 1.17 bits per heavy atom. The highest BCUT2D eigenvalue weighted by atomic mass is 79.9. The molecule has 0 radical (unpaired) electrons. The van der Waals surface area contributed by atoms with Gasteiger partial charge in [-0.05, 0) is 30.3 Å². The predicted molar refractivity (Wildman–Crippen MR) is 120 cm³/mol. The number of anilines is 1. The number of methoxy groups -OCH3 is 2. The van der Waals surface area contributed by atoms with Crippen LogP contribution >= 0.6 is 27.7 Å². The zero-order chi connectivity index (χ0) is 21.3. The molecule has 154 valence electrons. The molecule has 1 atom stereocenters. The fraction of sp³-hybridized carbons (Fsp3) is 0.273. The average molecular weight is 486 g/mol. The summed E-state index contributed by atoms with van der Waals surface area (Å²) in [6.45, 7) is 0.427. The number of ether oxygens (including phenoxy) is 2. The van der Waals surface area contributed by atoms with Gasteiger partial charge in [0.05, 0.1) is 43.4 Å². The number of carbonyl (C=O) groups excluding carboxylic acids is 1. The topological polar surface area (TPSA) is 65.8 Å². The molecule has 0 aromatic heterocycles. The number of rotatable bonds is 4. The van der Waals surface area contributed by atoms with E-state index in [1.54, 1.807) is 19.1 Å². The molecule has 0 spiro atoms. The summed E-state index contributed by atoms with van der Waals surface area (Å²) >= 11 is 4.97. The molecule has 4 rings (SSSR count). The summed E-state index contributed by atoms with van der Waals surface area (Å²) in [4.78, 5) is 17.0. The average Bonchev–Trinajstić information content (AvgIpc) is 2.78. The normalized spacial score (nSPS) is 18.7. The van der Waals surface area contributed by atoms with Crippen LogP contribution in [0.15, 0.2) is 57.5 Å². The minimum atomic E-state index is -0.356. The number of fused-ring (bicyclic) bond motifs is 1. The molecule has 8 heteroatoms. The van der Waals surface area contributed by atoms with Crippen molar-refractivity contribution in [1.82, 2.24) is 4.90 Å². The Morgan fingerprint density at radius 2 is 1.93 bits per heavy atom. The van der Waals surface area contributed by atoms with Crippen molar-refractivity contribution in [2.24, 2.45) is 0 Å². The van der Waals surface area contributed by atoms with E-state index in [0.29, 0.717) is 29.6 Å². The number of nitrogens with zero attached hydrogens (tertiary/aromatic N) is 3. The van der Waals surface area contributed by atoms with E-state index < -0.39 is 0 Å². The first-order chi connectivity index (χ1) is 14.6. The van der Waals surface area contributed by atoms with Gasteiger partial charge in [-0.1, -0.05) is 39.8 Å². The third-order valence-corrected chi connectivity index (χ3v) is 6.98. The number of benzene rings is 2. The van der Waals surface area contributed by atoms with E-state index in [1.807, 2.05) is 42.5 Å². The molecule has 6 nitrogen and oxygen atoms in total. The Morgan fingerprint density at radius 3 is 2.60 bits per heavy atom. The number of hydrogen-bond acceptors (Lipinski definition) is 6. The zero-order valence-electron chi connectivity index (χ0n) is 16.6. The first-order valence-corrected chi connectivity index (χ1v) is 11.1. The third-order valence-electron chi connectivity index (χ3n) is 5.29. The highest BCUT2D eigenvalue weighted by Crippen LogP contribution is 2.47. The number of thioether (sulfide) groups is 1. The molecule has 0 bridgehead atoms. The number of nitriles is 1. The lowest BCUT2D eigenvalue weighted by Gasteiger charge is -2.42. The molecule has 1 fully saturated rings. The van der Waals surface area contributed by atoms with Crippen molar-refractivity contribution in [1.29, 1.82) is 5.26 Å². The number of amides is 1. The molecular weight excluding hydrogens is 466 g/mol. The van der Waals surface area contributed by atoms with Gasteiger partial charge in [0.25, 0.3) is 0 Å². The van der Waals surface area contributed by atoms with E-state index >= 15 is 0 Å². The maximum absolute atomic E-state index is 13.1. The molecule has 2 aromatic carbocycles. The molecule has 2 heterocycles. The Bertz CT molecular complexity index is 1050. The minimum absolute atomic E-state index is 0.00631. The number of carbonyl (C=O) groups is 1. The van der Waals surface area contributed by atoms with Gasteiger partial charge in [0.15, 0.2) is 11.5 Å². The number of halogens is 1. The van der Waals surface area contributed by atoms with E-state index in [0.717, 1.165) is 20.8 Å². The first-order valence-electron chi connectivity index (χ1n) is 9.36. The van der Waals surface area contributed by atoms with Crippen molar-refractivity contribution in [2.75, 3.05) is 31.7 Å². The summed E-state index contributed by atoms with van der Waals surface area (Å²) in [5.74, 6) is 1.45. The number of para-hydroxylation sites is 1. The van der Waals surface area contributed by atoms with Crippen LogP contribution in [0.1, 0.15) is 17.9 Å². The maximum atomic E-state index is 13.1. The van der Waals surface area contributed by atoms with Gasteiger partial charge < -0.3 is 14.4 Å². The number of hydrogen-bond donors (Lipinski definition) is 0. The van der Waals surface area contributed by atoms with Crippen molar-refractivity contribution in [3.63, 3.8) is 0 Å². The van der Waals surface area contributed by atoms with Gasteiger partial charge in [0, 0.05) is 28.1 Å². The van der Waals surface area contributed by atoms with E-state index in [2.05, 4.69) is 26.9 Å². The van der Waals surface area contributed by atoms with E-state index in [9.17, 15) is 10.1 Å². The van der Waals surface area contributed by atoms with Crippen molar-refractivity contribution in [3.05, 3.63) is 63.1 Å². The van der Waals surface area contributed by atoms with Crippen molar-refractivity contribution in [3.8, 4) is 17.6 Å². The molecular formula is C22H20BrN3O3S. The van der Waals surface area contributed by atoms with Crippen LogP contribution in [-0.4, -0.2) is 37.6 Å². The van der Waals surface area contributed by atoms with Crippen molar-refractivity contribution in [2.45, 2.75) is 12.3 Å². The summed E-state index contributed by atoms with van der Waals surface area (Å²) in [6, 6.07) is 15.9. The minimum Gasteiger partial charge on any atom is -0.493 e. The van der Waals surface area contributed by atoms with Crippen LogP contribution in [0.2, 0.25) is 0 Å². The standard InChI is InChI=1S/C22H20BrN3O3S/c1-28-19-5-3-4-16(21(19)29-2)17-10-20(27)26-12-25(13-30-22(26)18(17)11-24)15-8-6-14(23)7-9-15/h3-9,17H,10,12-13H2,1-2H3/t17-/m1/s1. The first kappa shape index (κ1) is 20.6. The second-order valence-electron chi connectivity index (χ2n) is 6.92. The Balaban J connectivity index is 1.70. The van der Waals surface area contributed by atoms with Crippen LogP contribution in [0.3, 0.4) is 0 Å². The molecule has 2 aromatic rings. The van der Waals surface area contributed by atoms with Crippen LogP contribution in [0.4, 0.5) is 5.69 Å². The summed E-state index contributed by atoms with van der Waals surface area (Å²) in [7, 11) is 3.15. The molecule has 2 aliphatic rings. The van der Waals surface area contributed by atoms with Crippen LogP contribution in [-0.2, 0) is 4.79 Å². The van der Waals surface area contributed by atoms with Gasteiger partial charge in [0.1, 0.15) is 0 Å². The maximum Gasteiger partial charge on any atom is 0.229 e. The van der Waals surface area contributed by atoms with Crippen LogP contribution < -0.4 is 14.4 Å². The fourth-order valence-corrected chi connectivity index (χ4v) is 5.26. The van der Waals surface area contributed by atoms with E-state index in [-0.39, 0.29) is 18.2 Å². The highest BCUT2D eigenvalue weighted by molar-refractivity contribution is 9.10. The van der Waals surface area contributed by atoms with Crippen LogP contribution in [0, 0.1) is 11.3 Å². The molecule has 1 amide bonds. The molecule has 2 aliphatic heterocycles. The molecule has 0 unspecified atom stereocenters. The predicted octanol–water partition coefficient (Wildman–Crippen LogP) is 4.69. The second kappa shape index (κ2) is 8.62. The SMILES string of the molecule is COc1cccc([C@H]2CC(=O)N3CN(c4ccc(Br)cc4)CSC3=C2C#N)c1OC. The molecule has 30 heavy (non-hydrogen) atoms. The molecule has 0 aliphatic carbocycles. The lowest BCUT2D eigenvalue weighted by molar-refractivity contribution is -0.129. The Labute approximate surface area is 188 Å². The van der Waals surface area contributed by atoms with Gasteiger partial charge in [0.2, 0.25) is 5.91 Å². The third kappa shape index (κ3) is 3.64. The zero-order valence-corrected chi connectivity index (χ0v) is 19.0. The van der Waals surface area contributed by atoms with Crippen molar-refractivity contribution < 1.29 is 14.3 Å². The Kier molecular flexibility index (Phi) is 5.93. The summed E-state index contributed by atoms with van der Waals surface area (Å²) in [5, 5.41) is 10.7. The lowest BCUT2D eigenvalue weighted by atomic mass is 9.85.